The van der Waals surface area contributed by atoms with Gasteiger partial charge in [-0.25, -0.2) is 4.79 Å². The third-order valence-electron chi connectivity index (χ3n) is 4.89. The average molecular weight is 317 g/mol. The highest BCUT2D eigenvalue weighted by Gasteiger charge is 2.37. The van der Waals surface area contributed by atoms with Gasteiger partial charge in [-0.15, -0.1) is 0 Å². The van der Waals surface area contributed by atoms with Gasteiger partial charge in [0, 0.05) is 12.0 Å². The first kappa shape index (κ1) is 17.6. The topological polar surface area (TPSA) is 56.3 Å². The van der Waals surface area contributed by atoms with Crippen molar-refractivity contribution in [1.82, 2.24) is 4.98 Å². The number of nitrogens with zero attached hydrogens (tertiary/aromatic N) is 1. The summed E-state index contributed by atoms with van der Waals surface area (Å²) >= 11 is 0. The number of Topliss-reactive ketones (excluding diaryl/α,β-unsaturated/α-hetero) is 1. The zero-order chi connectivity index (χ0) is 17.4. The second-order valence-electron chi connectivity index (χ2n) is 7.13. The fourth-order valence-electron chi connectivity index (χ4n) is 3.36. The SMILES string of the molecule is CCOC(=O)c1c(C(C)C)nc2c(c1C)C(=O)CC(C)(CC)C2. The summed E-state index contributed by atoms with van der Waals surface area (Å²) in [6.07, 6.45) is 2.24. The minimum absolute atomic E-state index is 0.0385. The molecule has 126 valence electrons. The van der Waals surface area contributed by atoms with Crippen LogP contribution in [0, 0.1) is 12.3 Å². The number of carbonyl (C=O) groups excluding carboxylic acids is 2. The molecule has 1 unspecified atom stereocenters. The molecule has 1 heterocycles. The number of hydrogen-bond donors (Lipinski definition) is 0. The quantitative estimate of drug-likeness (QED) is 0.780. The Morgan fingerprint density at radius 2 is 1.96 bits per heavy atom. The number of esters is 1. The number of ether oxygens (including phenoxy) is 1. The molecule has 0 N–H and O–H groups in total. The summed E-state index contributed by atoms with van der Waals surface area (Å²) in [5.41, 5.74) is 3.41. The highest BCUT2D eigenvalue weighted by atomic mass is 16.5. The molecule has 0 saturated carbocycles. The van der Waals surface area contributed by atoms with Crippen LogP contribution < -0.4 is 0 Å². The number of hydrogen-bond acceptors (Lipinski definition) is 4. The Balaban J connectivity index is 2.67. The summed E-state index contributed by atoms with van der Waals surface area (Å²) in [7, 11) is 0. The second kappa shape index (κ2) is 6.42. The number of pyridine rings is 1. The van der Waals surface area contributed by atoms with E-state index < -0.39 is 0 Å². The molecule has 23 heavy (non-hydrogen) atoms. The fourth-order valence-corrected chi connectivity index (χ4v) is 3.36. The van der Waals surface area contributed by atoms with Gasteiger partial charge in [0.2, 0.25) is 0 Å². The molecule has 1 atom stereocenters. The summed E-state index contributed by atoms with van der Waals surface area (Å²) in [5, 5.41) is 0. The van der Waals surface area contributed by atoms with E-state index in [4.69, 9.17) is 9.72 Å². The Kier molecular flexibility index (Phi) is 4.92. The lowest BCUT2D eigenvalue weighted by atomic mass is 9.71. The van der Waals surface area contributed by atoms with Crippen molar-refractivity contribution < 1.29 is 14.3 Å². The minimum Gasteiger partial charge on any atom is -0.462 e. The van der Waals surface area contributed by atoms with Crippen LogP contribution in [0.2, 0.25) is 0 Å². The molecular weight excluding hydrogens is 290 g/mol. The molecule has 0 bridgehead atoms. The van der Waals surface area contributed by atoms with Gasteiger partial charge in [0.15, 0.2) is 5.78 Å². The Hall–Kier alpha value is -1.71. The van der Waals surface area contributed by atoms with Crippen LogP contribution in [0.5, 0.6) is 0 Å². The average Bonchev–Trinajstić information content (AvgIpc) is 2.46. The Bertz CT molecular complexity index is 649. The van der Waals surface area contributed by atoms with E-state index in [9.17, 15) is 9.59 Å². The summed E-state index contributed by atoms with van der Waals surface area (Å²) in [6, 6.07) is 0. The lowest BCUT2D eigenvalue weighted by Crippen LogP contribution is -2.32. The Morgan fingerprint density at radius 1 is 1.30 bits per heavy atom. The monoisotopic (exact) mass is 317 g/mol. The van der Waals surface area contributed by atoms with E-state index in [1.165, 1.54) is 0 Å². The van der Waals surface area contributed by atoms with Gasteiger partial charge in [-0.05, 0) is 43.6 Å². The molecule has 4 heteroatoms. The Morgan fingerprint density at radius 3 is 2.48 bits per heavy atom. The van der Waals surface area contributed by atoms with E-state index in [-0.39, 0.29) is 23.1 Å². The first-order chi connectivity index (χ1) is 10.7. The zero-order valence-corrected chi connectivity index (χ0v) is 15.1. The van der Waals surface area contributed by atoms with E-state index in [0.29, 0.717) is 24.2 Å². The van der Waals surface area contributed by atoms with Crippen molar-refractivity contribution in [1.29, 1.82) is 0 Å². The molecule has 0 saturated heterocycles. The second-order valence-corrected chi connectivity index (χ2v) is 7.13. The third-order valence-corrected chi connectivity index (χ3v) is 4.89. The lowest BCUT2D eigenvalue weighted by Gasteiger charge is -2.34. The minimum atomic E-state index is -0.374. The standard InChI is InChI=1S/C19H27NO3/c1-7-19(6)9-13-15(14(21)10-19)12(5)16(18(22)23-8-2)17(20-13)11(3)4/h11H,7-10H2,1-6H3. The molecule has 0 aliphatic heterocycles. The van der Waals surface area contributed by atoms with Gasteiger partial charge >= 0.3 is 5.97 Å². The van der Waals surface area contributed by atoms with Crippen LogP contribution in [0.1, 0.15) is 91.0 Å². The molecule has 1 aromatic rings. The smallest absolute Gasteiger partial charge is 0.340 e. The highest BCUT2D eigenvalue weighted by Crippen LogP contribution is 2.40. The number of carbonyl (C=O) groups is 2. The molecule has 0 fully saturated rings. The van der Waals surface area contributed by atoms with Crippen molar-refractivity contribution in [2.24, 2.45) is 5.41 Å². The van der Waals surface area contributed by atoms with Crippen molar-refractivity contribution in [3.63, 3.8) is 0 Å². The molecule has 1 aromatic heterocycles. The third kappa shape index (κ3) is 3.17. The number of ketones is 1. The van der Waals surface area contributed by atoms with Crippen LogP contribution in [-0.4, -0.2) is 23.3 Å². The summed E-state index contributed by atoms with van der Waals surface area (Å²) in [4.78, 5) is 29.8. The molecule has 1 aliphatic carbocycles. The van der Waals surface area contributed by atoms with E-state index in [1.54, 1.807) is 6.92 Å². The van der Waals surface area contributed by atoms with Gasteiger partial charge < -0.3 is 4.74 Å². The maximum absolute atomic E-state index is 12.7. The van der Waals surface area contributed by atoms with Gasteiger partial charge in [0.25, 0.3) is 0 Å². The van der Waals surface area contributed by atoms with E-state index in [2.05, 4.69) is 13.8 Å². The predicted molar refractivity (Wildman–Crippen MR) is 90.1 cm³/mol. The van der Waals surface area contributed by atoms with Crippen LogP contribution in [0.25, 0.3) is 0 Å². The zero-order valence-electron chi connectivity index (χ0n) is 15.1. The van der Waals surface area contributed by atoms with E-state index in [1.807, 2.05) is 20.8 Å². The van der Waals surface area contributed by atoms with Crippen LogP contribution in [0.3, 0.4) is 0 Å². The van der Waals surface area contributed by atoms with Crippen LogP contribution >= 0.6 is 0 Å². The van der Waals surface area contributed by atoms with Crippen molar-refractivity contribution in [3.8, 4) is 0 Å². The number of rotatable bonds is 4. The highest BCUT2D eigenvalue weighted by molar-refractivity contribution is 6.03. The van der Waals surface area contributed by atoms with Gasteiger partial charge in [0.05, 0.1) is 23.6 Å². The molecule has 1 aliphatic rings. The van der Waals surface area contributed by atoms with Crippen LogP contribution in [0.4, 0.5) is 0 Å². The van der Waals surface area contributed by atoms with Gasteiger partial charge in [-0.1, -0.05) is 27.7 Å². The van der Waals surface area contributed by atoms with Crippen molar-refractivity contribution >= 4 is 11.8 Å². The maximum atomic E-state index is 12.7. The van der Waals surface area contributed by atoms with E-state index in [0.717, 1.165) is 29.8 Å². The Labute approximate surface area is 138 Å². The molecule has 4 nitrogen and oxygen atoms in total. The van der Waals surface area contributed by atoms with Gasteiger partial charge in [-0.2, -0.15) is 0 Å². The van der Waals surface area contributed by atoms with Crippen LogP contribution in [0.15, 0.2) is 0 Å². The summed E-state index contributed by atoms with van der Waals surface area (Å²) in [5.74, 6) is -0.176. The first-order valence-corrected chi connectivity index (χ1v) is 8.47. The molecule has 2 rings (SSSR count). The predicted octanol–water partition coefficient (Wildman–Crippen LogP) is 4.24. The summed E-state index contributed by atoms with van der Waals surface area (Å²) in [6.45, 7) is 12.2. The molecule has 0 amide bonds. The molecule has 0 aromatic carbocycles. The number of fused-ring (bicyclic) bond motifs is 1. The van der Waals surface area contributed by atoms with Gasteiger partial charge in [-0.3, -0.25) is 9.78 Å². The van der Waals surface area contributed by atoms with Crippen molar-refractivity contribution in [2.45, 2.75) is 66.7 Å². The van der Waals surface area contributed by atoms with Crippen molar-refractivity contribution in [2.75, 3.05) is 6.61 Å². The molecule has 0 radical (unpaired) electrons. The summed E-state index contributed by atoms with van der Waals surface area (Å²) < 4.78 is 5.20. The largest absolute Gasteiger partial charge is 0.462 e. The van der Waals surface area contributed by atoms with Crippen molar-refractivity contribution in [3.05, 3.63) is 28.1 Å². The maximum Gasteiger partial charge on any atom is 0.340 e. The lowest BCUT2D eigenvalue weighted by molar-refractivity contribution is 0.0523. The van der Waals surface area contributed by atoms with E-state index >= 15 is 0 Å². The fraction of sp³-hybridized carbons (Fsp3) is 0.632. The first-order valence-electron chi connectivity index (χ1n) is 8.47. The number of aromatic nitrogens is 1. The normalized spacial score (nSPS) is 20.6. The van der Waals surface area contributed by atoms with Gasteiger partial charge in [0.1, 0.15) is 0 Å². The molecular formula is C19H27NO3. The molecule has 0 spiro atoms. The van der Waals surface area contributed by atoms with Crippen LogP contribution in [-0.2, 0) is 11.2 Å².